The molecule has 1 aromatic rings. The van der Waals surface area contributed by atoms with Crippen LogP contribution in [-0.4, -0.2) is 22.7 Å². The van der Waals surface area contributed by atoms with Crippen molar-refractivity contribution in [3.63, 3.8) is 0 Å². The maximum atomic E-state index is 11.9. The van der Waals surface area contributed by atoms with Gasteiger partial charge < -0.3 is 4.90 Å². The van der Waals surface area contributed by atoms with Crippen molar-refractivity contribution >= 4 is 33.2 Å². The molecule has 1 aliphatic carbocycles. The maximum Gasteiger partial charge on any atom is 0.233 e. The number of rotatable bonds is 2. The van der Waals surface area contributed by atoms with Crippen LogP contribution >= 0.6 is 27.3 Å². The molecule has 2 nitrogen and oxygen atoms in total. The molecule has 0 aromatic carbocycles. The fraction of sp³-hybridized carbons (Fsp3) is 0.583. The first kappa shape index (κ1) is 10.8. The van der Waals surface area contributed by atoms with Gasteiger partial charge in [-0.1, -0.05) is 15.9 Å². The van der Waals surface area contributed by atoms with E-state index in [2.05, 4.69) is 32.3 Å². The van der Waals surface area contributed by atoms with Crippen LogP contribution in [0.2, 0.25) is 0 Å². The molecule has 1 aliphatic heterocycles. The van der Waals surface area contributed by atoms with Gasteiger partial charge in [0.1, 0.15) is 0 Å². The van der Waals surface area contributed by atoms with E-state index in [1.807, 2.05) is 11.3 Å². The Labute approximate surface area is 108 Å². The highest BCUT2D eigenvalue weighted by molar-refractivity contribution is 9.09. The molecule has 0 N–H and O–H groups in total. The standard InChI is InChI=1S/C12H14BrNOS/c13-7-11(15)14-5-3-10-9(4-6-16-10)12(14)8-1-2-8/h4,6,8,12H,1-3,5,7H2. The highest BCUT2D eigenvalue weighted by Crippen LogP contribution is 2.48. The van der Waals surface area contributed by atoms with Crippen molar-refractivity contribution in [3.8, 4) is 0 Å². The van der Waals surface area contributed by atoms with Crippen LogP contribution in [-0.2, 0) is 11.2 Å². The monoisotopic (exact) mass is 299 g/mol. The number of fused-ring (bicyclic) bond motifs is 1. The first-order valence-corrected chi connectivity index (χ1v) is 7.73. The summed E-state index contributed by atoms with van der Waals surface area (Å²) in [5.41, 5.74) is 1.42. The molecular weight excluding hydrogens is 286 g/mol. The van der Waals surface area contributed by atoms with Crippen LogP contribution in [0.1, 0.15) is 29.3 Å². The number of halogens is 1. The highest BCUT2D eigenvalue weighted by Gasteiger charge is 2.41. The second kappa shape index (κ2) is 4.15. The minimum atomic E-state index is 0.244. The van der Waals surface area contributed by atoms with Crippen LogP contribution in [0.5, 0.6) is 0 Å². The second-order valence-corrected chi connectivity index (χ2v) is 6.11. The van der Waals surface area contributed by atoms with E-state index < -0.39 is 0 Å². The van der Waals surface area contributed by atoms with E-state index in [1.165, 1.54) is 23.3 Å². The smallest absolute Gasteiger partial charge is 0.233 e. The summed E-state index contributed by atoms with van der Waals surface area (Å²) in [7, 11) is 0. The normalized spacial score (nSPS) is 24.3. The van der Waals surface area contributed by atoms with E-state index in [0.29, 0.717) is 11.4 Å². The first-order valence-electron chi connectivity index (χ1n) is 5.73. The van der Waals surface area contributed by atoms with E-state index >= 15 is 0 Å². The van der Waals surface area contributed by atoms with Gasteiger partial charge in [0.15, 0.2) is 0 Å². The van der Waals surface area contributed by atoms with Gasteiger partial charge in [-0.05, 0) is 42.2 Å². The Bertz CT molecular complexity index is 413. The molecule has 0 spiro atoms. The zero-order valence-electron chi connectivity index (χ0n) is 8.99. The second-order valence-electron chi connectivity index (χ2n) is 4.55. The number of hydrogen-bond donors (Lipinski definition) is 0. The van der Waals surface area contributed by atoms with Gasteiger partial charge in [0, 0.05) is 11.4 Å². The molecule has 2 aliphatic rings. The first-order chi connectivity index (χ1) is 7.81. The Hall–Kier alpha value is -0.350. The molecule has 2 heterocycles. The number of carbonyl (C=O) groups is 1. The van der Waals surface area contributed by atoms with Gasteiger partial charge in [-0.15, -0.1) is 11.3 Å². The van der Waals surface area contributed by atoms with E-state index in [-0.39, 0.29) is 5.91 Å². The van der Waals surface area contributed by atoms with Gasteiger partial charge in [0.2, 0.25) is 5.91 Å². The summed E-state index contributed by atoms with van der Waals surface area (Å²) in [6.45, 7) is 0.902. The molecule has 4 heteroatoms. The van der Waals surface area contributed by atoms with Gasteiger partial charge in [-0.2, -0.15) is 0 Å². The number of carbonyl (C=O) groups excluding carboxylic acids is 1. The van der Waals surface area contributed by atoms with Gasteiger partial charge >= 0.3 is 0 Å². The van der Waals surface area contributed by atoms with Gasteiger partial charge in [-0.3, -0.25) is 4.79 Å². The van der Waals surface area contributed by atoms with Crippen molar-refractivity contribution in [2.45, 2.75) is 25.3 Å². The van der Waals surface area contributed by atoms with Crippen molar-refractivity contribution in [2.24, 2.45) is 5.92 Å². The lowest BCUT2D eigenvalue weighted by atomic mass is 9.96. The highest BCUT2D eigenvalue weighted by atomic mass is 79.9. The number of amides is 1. The van der Waals surface area contributed by atoms with Crippen molar-refractivity contribution < 1.29 is 4.79 Å². The summed E-state index contributed by atoms with van der Waals surface area (Å²) in [5.74, 6) is 0.963. The summed E-state index contributed by atoms with van der Waals surface area (Å²) in [6, 6.07) is 2.59. The lowest BCUT2D eigenvalue weighted by molar-refractivity contribution is -0.131. The molecule has 0 bridgehead atoms. The van der Waals surface area contributed by atoms with Crippen molar-refractivity contribution in [3.05, 3.63) is 21.9 Å². The molecule has 0 radical (unpaired) electrons. The van der Waals surface area contributed by atoms with Crippen molar-refractivity contribution in [1.29, 1.82) is 0 Å². The summed E-state index contributed by atoms with van der Waals surface area (Å²) in [6.07, 6.45) is 3.60. The van der Waals surface area contributed by atoms with E-state index in [0.717, 1.165) is 18.9 Å². The molecule has 0 saturated heterocycles. The molecule has 1 atom stereocenters. The summed E-state index contributed by atoms with van der Waals surface area (Å²) in [4.78, 5) is 15.5. The molecule has 1 unspecified atom stereocenters. The van der Waals surface area contributed by atoms with Crippen LogP contribution in [0.3, 0.4) is 0 Å². The summed E-state index contributed by atoms with van der Waals surface area (Å²) in [5, 5.41) is 2.62. The third kappa shape index (κ3) is 1.72. The Morgan fingerprint density at radius 2 is 2.38 bits per heavy atom. The number of thiophene rings is 1. The third-order valence-electron chi connectivity index (χ3n) is 3.52. The minimum absolute atomic E-state index is 0.244. The zero-order chi connectivity index (χ0) is 11.1. The minimum Gasteiger partial charge on any atom is -0.334 e. The lowest BCUT2D eigenvalue weighted by Gasteiger charge is -2.36. The van der Waals surface area contributed by atoms with E-state index in [4.69, 9.17) is 0 Å². The quantitative estimate of drug-likeness (QED) is 0.769. The molecule has 3 rings (SSSR count). The Morgan fingerprint density at radius 3 is 3.06 bits per heavy atom. The molecule has 16 heavy (non-hydrogen) atoms. The molecule has 1 saturated carbocycles. The number of alkyl halides is 1. The zero-order valence-corrected chi connectivity index (χ0v) is 11.4. The number of nitrogens with zero attached hydrogens (tertiary/aromatic N) is 1. The van der Waals surface area contributed by atoms with Gasteiger partial charge in [0.05, 0.1) is 11.4 Å². The maximum absolute atomic E-state index is 11.9. The molecule has 86 valence electrons. The summed E-state index contributed by atoms with van der Waals surface area (Å²) < 4.78 is 0. The Morgan fingerprint density at radius 1 is 1.56 bits per heavy atom. The topological polar surface area (TPSA) is 20.3 Å². The largest absolute Gasteiger partial charge is 0.334 e. The Balaban J connectivity index is 1.94. The lowest BCUT2D eigenvalue weighted by Crippen LogP contribution is -2.41. The molecular formula is C12H14BrNOS. The van der Waals surface area contributed by atoms with Gasteiger partial charge in [0.25, 0.3) is 0 Å². The van der Waals surface area contributed by atoms with Crippen LogP contribution in [0.4, 0.5) is 0 Å². The van der Waals surface area contributed by atoms with Crippen LogP contribution in [0, 0.1) is 5.92 Å². The van der Waals surface area contributed by atoms with Crippen molar-refractivity contribution in [2.75, 3.05) is 11.9 Å². The van der Waals surface area contributed by atoms with Crippen LogP contribution in [0.25, 0.3) is 0 Å². The average Bonchev–Trinajstić information content (AvgIpc) is 3.03. The SMILES string of the molecule is O=C(CBr)N1CCc2sccc2C1C1CC1. The number of hydrogen-bond acceptors (Lipinski definition) is 2. The summed E-state index contributed by atoms with van der Waals surface area (Å²) >= 11 is 5.14. The predicted octanol–water partition coefficient (Wildman–Crippen LogP) is 2.98. The van der Waals surface area contributed by atoms with Crippen molar-refractivity contribution in [1.82, 2.24) is 4.90 Å². The third-order valence-corrected chi connectivity index (χ3v) is 4.99. The molecule has 1 fully saturated rings. The predicted molar refractivity (Wildman–Crippen MR) is 69.0 cm³/mol. The van der Waals surface area contributed by atoms with Crippen LogP contribution in [0.15, 0.2) is 11.4 Å². The Kier molecular flexibility index (Phi) is 2.80. The van der Waals surface area contributed by atoms with Crippen LogP contribution < -0.4 is 0 Å². The molecule has 1 aromatic heterocycles. The van der Waals surface area contributed by atoms with E-state index in [1.54, 1.807) is 0 Å². The van der Waals surface area contributed by atoms with Gasteiger partial charge in [-0.25, -0.2) is 0 Å². The fourth-order valence-electron chi connectivity index (χ4n) is 2.62. The fourth-order valence-corrected chi connectivity index (χ4v) is 3.86. The molecule has 1 amide bonds. The van der Waals surface area contributed by atoms with E-state index in [9.17, 15) is 4.79 Å². The average molecular weight is 300 g/mol.